The first-order valence-corrected chi connectivity index (χ1v) is 6.04. The summed E-state index contributed by atoms with van der Waals surface area (Å²) < 4.78 is 29.6. The Kier molecular flexibility index (Phi) is 5.98. The monoisotopic (exact) mass is 272 g/mol. The summed E-state index contributed by atoms with van der Waals surface area (Å²) >= 11 is 0. The predicted molar refractivity (Wildman–Crippen MR) is 62.2 cm³/mol. The van der Waals surface area contributed by atoms with E-state index < -0.39 is 22.1 Å². The minimum absolute atomic E-state index is 0.0666. The van der Waals surface area contributed by atoms with E-state index in [4.69, 9.17) is 14.9 Å². The molecule has 1 aromatic carbocycles. The van der Waals surface area contributed by atoms with Crippen molar-refractivity contribution in [2.24, 2.45) is 5.73 Å². The summed E-state index contributed by atoms with van der Waals surface area (Å²) in [5.41, 5.74) is 5.61. The zero-order valence-electron chi connectivity index (χ0n) is 9.44. The predicted octanol–water partition coefficient (Wildman–Crippen LogP) is 0.164. The minimum atomic E-state index is -4.02. The SMILES string of the molecule is Cc1ccc(S(=O)(=O)O)cc1.N#CC(N)C(=O)O. The van der Waals surface area contributed by atoms with Crippen LogP contribution in [0.5, 0.6) is 0 Å². The molecule has 1 aromatic rings. The van der Waals surface area contributed by atoms with Crippen molar-refractivity contribution >= 4 is 16.1 Å². The first kappa shape index (κ1) is 16.1. The minimum Gasteiger partial charge on any atom is -0.479 e. The summed E-state index contributed by atoms with van der Waals surface area (Å²) in [6.07, 6.45) is 0. The normalized spacial score (nSPS) is 11.7. The number of aryl methyl sites for hydroxylation is 1. The first-order valence-electron chi connectivity index (χ1n) is 4.60. The molecule has 0 aromatic heterocycles. The van der Waals surface area contributed by atoms with Crippen LogP contribution in [0.25, 0.3) is 0 Å². The van der Waals surface area contributed by atoms with Gasteiger partial charge in [-0.2, -0.15) is 13.7 Å². The highest BCUT2D eigenvalue weighted by Gasteiger charge is 2.07. The summed E-state index contributed by atoms with van der Waals surface area (Å²) in [4.78, 5) is 9.52. The van der Waals surface area contributed by atoms with Crippen LogP contribution in [-0.4, -0.2) is 30.1 Å². The van der Waals surface area contributed by atoms with Gasteiger partial charge in [0.15, 0.2) is 6.04 Å². The van der Waals surface area contributed by atoms with Crippen LogP contribution in [0, 0.1) is 18.3 Å². The van der Waals surface area contributed by atoms with Gasteiger partial charge in [0.1, 0.15) is 0 Å². The maximum atomic E-state index is 10.5. The lowest BCUT2D eigenvalue weighted by Gasteiger charge is -1.95. The molecule has 8 heteroatoms. The highest BCUT2D eigenvalue weighted by molar-refractivity contribution is 7.85. The highest BCUT2D eigenvalue weighted by Crippen LogP contribution is 2.08. The second-order valence-electron chi connectivity index (χ2n) is 3.23. The van der Waals surface area contributed by atoms with E-state index in [0.29, 0.717) is 0 Å². The molecule has 0 aliphatic rings. The molecule has 0 radical (unpaired) electrons. The molecule has 0 fully saturated rings. The fourth-order valence-corrected chi connectivity index (χ4v) is 1.25. The Morgan fingerprint density at radius 2 is 1.83 bits per heavy atom. The van der Waals surface area contributed by atoms with Gasteiger partial charge in [-0.15, -0.1) is 0 Å². The van der Waals surface area contributed by atoms with Crippen LogP contribution in [0.15, 0.2) is 29.2 Å². The number of aliphatic carboxylic acids is 1. The van der Waals surface area contributed by atoms with E-state index in [-0.39, 0.29) is 4.90 Å². The molecule has 98 valence electrons. The molecule has 0 amide bonds. The van der Waals surface area contributed by atoms with Crippen LogP contribution >= 0.6 is 0 Å². The smallest absolute Gasteiger partial charge is 0.335 e. The topological polar surface area (TPSA) is 141 Å². The van der Waals surface area contributed by atoms with E-state index in [1.54, 1.807) is 12.1 Å². The zero-order valence-corrected chi connectivity index (χ0v) is 10.3. The average molecular weight is 272 g/mol. The number of carboxylic acid groups (broad SMARTS) is 1. The second kappa shape index (κ2) is 6.70. The molecule has 0 saturated heterocycles. The molecule has 0 heterocycles. The van der Waals surface area contributed by atoms with Crippen LogP contribution in [0.3, 0.4) is 0 Å². The van der Waals surface area contributed by atoms with Gasteiger partial charge in [-0.25, -0.2) is 4.79 Å². The molecule has 18 heavy (non-hydrogen) atoms. The number of hydrogen-bond acceptors (Lipinski definition) is 5. The van der Waals surface area contributed by atoms with E-state index in [2.05, 4.69) is 5.73 Å². The Balaban J connectivity index is 0.000000360. The number of benzene rings is 1. The van der Waals surface area contributed by atoms with Crippen LogP contribution in [0.1, 0.15) is 5.56 Å². The summed E-state index contributed by atoms with van der Waals surface area (Å²) in [5, 5.41) is 15.6. The third-order valence-electron chi connectivity index (χ3n) is 1.72. The molecule has 0 bridgehead atoms. The molecule has 0 aliphatic carbocycles. The van der Waals surface area contributed by atoms with Gasteiger partial charge in [-0.1, -0.05) is 17.7 Å². The van der Waals surface area contributed by atoms with Crippen molar-refractivity contribution in [1.29, 1.82) is 5.26 Å². The van der Waals surface area contributed by atoms with Crippen molar-refractivity contribution < 1.29 is 22.9 Å². The van der Waals surface area contributed by atoms with Gasteiger partial charge in [0.2, 0.25) is 0 Å². The Morgan fingerprint density at radius 3 is 2.06 bits per heavy atom. The summed E-state index contributed by atoms with van der Waals surface area (Å²) in [5.74, 6) is -1.29. The second-order valence-corrected chi connectivity index (χ2v) is 4.65. The van der Waals surface area contributed by atoms with Gasteiger partial charge < -0.3 is 10.8 Å². The molecular weight excluding hydrogens is 260 g/mol. The lowest BCUT2D eigenvalue weighted by molar-refractivity contribution is -0.137. The number of hydrogen-bond donors (Lipinski definition) is 3. The molecule has 0 spiro atoms. The van der Waals surface area contributed by atoms with Gasteiger partial charge in [-0.05, 0) is 19.1 Å². The van der Waals surface area contributed by atoms with Crippen LogP contribution in [0.4, 0.5) is 0 Å². The number of carbonyl (C=O) groups is 1. The quantitative estimate of drug-likeness (QED) is 0.651. The first-order chi connectivity index (χ1) is 8.18. The van der Waals surface area contributed by atoms with Crippen molar-refractivity contribution in [3.05, 3.63) is 29.8 Å². The average Bonchev–Trinajstić information content (AvgIpc) is 2.28. The zero-order chi connectivity index (χ0) is 14.3. The maximum absolute atomic E-state index is 10.5. The lowest BCUT2D eigenvalue weighted by atomic mass is 10.2. The molecule has 7 nitrogen and oxygen atoms in total. The van der Waals surface area contributed by atoms with Crippen molar-refractivity contribution in [2.75, 3.05) is 0 Å². The molecular formula is C10H12N2O5S. The number of rotatable bonds is 2. The van der Waals surface area contributed by atoms with Gasteiger partial charge in [0, 0.05) is 0 Å². The van der Waals surface area contributed by atoms with Crippen LogP contribution in [-0.2, 0) is 14.9 Å². The van der Waals surface area contributed by atoms with Crippen LogP contribution < -0.4 is 5.73 Å². The third-order valence-corrected chi connectivity index (χ3v) is 2.59. The molecule has 0 saturated carbocycles. The number of nitrogens with two attached hydrogens (primary N) is 1. The van der Waals surface area contributed by atoms with E-state index >= 15 is 0 Å². The Bertz CT molecular complexity index is 545. The molecule has 1 unspecified atom stereocenters. The van der Waals surface area contributed by atoms with E-state index in [1.807, 2.05) is 6.92 Å². The van der Waals surface area contributed by atoms with Gasteiger partial charge in [0.25, 0.3) is 10.1 Å². The van der Waals surface area contributed by atoms with Gasteiger partial charge >= 0.3 is 5.97 Å². The van der Waals surface area contributed by atoms with Crippen molar-refractivity contribution in [2.45, 2.75) is 17.9 Å². The Hall–Kier alpha value is -1.95. The lowest BCUT2D eigenvalue weighted by Crippen LogP contribution is -2.27. The number of nitriles is 1. The fraction of sp³-hybridized carbons (Fsp3) is 0.200. The standard InChI is InChI=1S/C7H8O3S.C3H4N2O2/c1-6-2-4-7(5-3-6)11(8,9)10;4-1-2(5)3(6)7/h2-5H,1H3,(H,8,9,10);2H,5H2,(H,6,7). The molecule has 1 atom stereocenters. The van der Waals surface area contributed by atoms with Gasteiger partial charge in [-0.3, -0.25) is 4.55 Å². The highest BCUT2D eigenvalue weighted by atomic mass is 32.2. The van der Waals surface area contributed by atoms with E-state index in [1.165, 1.54) is 18.2 Å². The van der Waals surface area contributed by atoms with Crippen molar-refractivity contribution in [1.82, 2.24) is 0 Å². The van der Waals surface area contributed by atoms with E-state index in [9.17, 15) is 13.2 Å². The number of carboxylic acids is 1. The molecule has 1 rings (SSSR count). The maximum Gasteiger partial charge on any atom is 0.335 e. The largest absolute Gasteiger partial charge is 0.479 e. The van der Waals surface area contributed by atoms with Crippen molar-refractivity contribution in [3.63, 3.8) is 0 Å². The van der Waals surface area contributed by atoms with Gasteiger partial charge in [0.05, 0.1) is 11.0 Å². The van der Waals surface area contributed by atoms with Crippen molar-refractivity contribution in [3.8, 4) is 6.07 Å². The Labute approximate surface area is 104 Å². The third kappa shape index (κ3) is 5.95. The fourth-order valence-electron chi connectivity index (χ4n) is 0.765. The Morgan fingerprint density at radius 1 is 1.39 bits per heavy atom. The number of nitrogens with zero attached hydrogens (tertiary/aromatic N) is 1. The molecule has 0 aliphatic heterocycles. The van der Waals surface area contributed by atoms with Crippen LogP contribution in [0.2, 0.25) is 0 Å². The summed E-state index contributed by atoms with van der Waals surface area (Å²) in [7, 11) is -4.02. The van der Waals surface area contributed by atoms with E-state index in [0.717, 1.165) is 5.56 Å². The molecule has 4 N–H and O–H groups in total. The summed E-state index contributed by atoms with van der Waals surface area (Å²) in [6, 6.07) is 5.96. The summed E-state index contributed by atoms with van der Waals surface area (Å²) in [6.45, 7) is 1.84.